The van der Waals surface area contributed by atoms with Crippen molar-refractivity contribution in [1.82, 2.24) is 19.4 Å². The molecule has 1 aliphatic heterocycles. The maximum absolute atomic E-state index is 13.7. The lowest BCUT2D eigenvalue weighted by molar-refractivity contribution is 0.0166. The second-order valence-corrected chi connectivity index (χ2v) is 7.43. The summed E-state index contributed by atoms with van der Waals surface area (Å²) in [7, 11) is -3.81. The Kier molecular flexibility index (Phi) is 3.88. The van der Waals surface area contributed by atoms with Crippen LogP contribution in [-0.4, -0.2) is 46.1 Å². The highest BCUT2D eigenvalue weighted by Gasteiger charge is 2.52. The number of sulfonamides is 1. The third-order valence-corrected chi connectivity index (χ3v) is 5.42. The van der Waals surface area contributed by atoms with Crippen molar-refractivity contribution in [3.8, 4) is 11.4 Å². The molecule has 3 rings (SSSR count). The zero-order valence-electron chi connectivity index (χ0n) is 12.2. The molecule has 1 atom stereocenters. The summed E-state index contributed by atoms with van der Waals surface area (Å²) >= 11 is 0. The first-order valence-electron chi connectivity index (χ1n) is 6.94. The van der Waals surface area contributed by atoms with E-state index in [2.05, 4.69) is 15.1 Å². The molecule has 0 spiro atoms. The van der Waals surface area contributed by atoms with E-state index in [4.69, 9.17) is 4.52 Å². The molecule has 23 heavy (non-hydrogen) atoms. The largest absolute Gasteiger partial charge is 0.337 e. The summed E-state index contributed by atoms with van der Waals surface area (Å²) in [5, 5.41) is 3.73. The van der Waals surface area contributed by atoms with Crippen LogP contribution in [0.15, 0.2) is 29.0 Å². The molecular formula is C13H14F2N4O3S. The van der Waals surface area contributed by atoms with Crippen LogP contribution in [0.2, 0.25) is 0 Å². The molecule has 0 bridgehead atoms. The van der Waals surface area contributed by atoms with Crippen LogP contribution in [0.25, 0.3) is 11.4 Å². The molecule has 0 amide bonds. The average Bonchev–Trinajstić information content (AvgIpc) is 3.12. The molecule has 1 saturated heterocycles. The lowest BCUT2D eigenvalue weighted by Crippen LogP contribution is -2.34. The van der Waals surface area contributed by atoms with E-state index in [-0.39, 0.29) is 17.5 Å². The summed E-state index contributed by atoms with van der Waals surface area (Å²) in [5.74, 6) is -3.37. The molecule has 0 unspecified atom stereocenters. The highest BCUT2D eigenvalue weighted by molar-refractivity contribution is 7.89. The third kappa shape index (κ3) is 3.08. The summed E-state index contributed by atoms with van der Waals surface area (Å²) in [6.45, 7) is 0.524. The van der Waals surface area contributed by atoms with Gasteiger partial charge in [0.15, 0.2) is 0 Å². The Balaban J connectivity index is 1.95. The van der Waals surface area contributed by atoms with Gasteiger partial charge in [0.05, 0.1) is 12.3 Å². The van der Waals surface area contributed by atoms with Gasteiger partial charge in [0.2, 0.25) is 21.7 Å². The van der Waals surface area contributed by atoms with Crippen LogP contribution in [0, 0.1) is 0 Å². The molecule has 124 valence electrons. The number of aromatic nitrogens is 3. The molecule has 7 nitrogen and oxygen atoms in total. The van der Waals surface area contributed by atoms with Gasteiger partial charge in [0, 0.05) is 24.4 Å². The fraction of sp³-hybridized carbons (Fsp3) is 0.462. The highest BCUT2D eigenvalue weighted by Crippen LogP contribution is 2.42. The first kappa shape index (κ1) is 15.9. The van der Waals surface area contributed by atoms with Gasteiger partial charge in [0.1, 0.15) is 6.04 Å². The monoisotopic (exact) mass is 344 g/mol. The van der Waals surface area contributed by atoms with Crippen LogP contribution < -0.4 is 0 Å². The molecule has 2 aromatic rings. The molecule has 0 N–H and O–H groups in total. The molecule has 0 radical (unpaired) electrons. The molecule has 3 heterocycles. The Bertz CT molecular complexity index is 795. The normalized spacial score (nSPS) is 21.6. The molecule has 1 fully saturated rings. The summed E-state index contributed by atoms with van der Waals surface area (Å²) in [6.07, 6.45) is 2.39. The van der Waals surface area contributed by atoms with Gasteiger partial charge in [-0.3, -0.25) is 4.98 Å². The van der Waals surface area contributed by atoms with Crippen molar-refractivity contribution in [3.63, 3.8) is 0 Å². The van der Waals surface area contributed by atoms with Crippen molar-refractivity contribution >= 4 is 10.0 Å². The number of pyridine rings is 1. The second-order valence-electron chi connectivity index (χ2n) is 5.22. The van der Waals surface area contributed by atoms with Crippen molar-refractivity contribution in [2.45, 2.75) is 25.3 Å². The van der Waals surface area contributed by atoms with Crippen LogP contribution in [0.5, 0.6) is 0 Å². The summed E-state index contributed by atoms with van der Waals surface area (Å²) < 4.78 is 57.3. The van der Waals surface area contributed by atoms with E-state index in [0.29, 0.717) is 5.56 Å². The van der Waals surface area contributed by atoms with Gasteiger partial charge in [0.25, 0.3) is 5.92 Å². The Hall–Kier alpha value is -1.94. The van der Waals surface area contributed by atoms with E-state index in [0.717, 1.165) is 4.31 Å². The maximum Gasteiger partial charge on any atom is 0.263 e. The van der Waals surface area contributed by atoms with Crippen molar-refractivity contribution < 1.29 is 21.7 Å². The lowest BCUT2D eigenvalue weighted by Gasteiger charge is -2.19. The van der Waals surface area contributed by atoms with Crippen molar-refractivity contribution in [3.05, 3.63) is 30.4 Å². The van der Waals surface area contributed by atoms with Gasteiger partial charge in [-0.15, -0.1) is 0 Å². The zero-order valence-corrected chi connectivity index (χ0v) is 13.0. The Labute approximate surface area is 131 Å². The molecule has 0 saturated carbocycles. The lowest BCUT2D eigenvalue weighted by atomic mass is 10.2. The van der Waals surface area contributed by atoms with Gasteiger partial charge in [-0.05, 0) is 19.1 Å². The SMILES string of the molecule is CCS(=O)(=O)N1CC(F)(F)C[C@H]1c1nc(-c2cccnc2)no1. The molecule has 0 aromatic carbocycles. The topological polar surface area (TPSA) is 89.2 Å². The van der Waals surface area contributed by atoms with Gasteiger partial charge in [-0.2, -0.15) is 9.29 Å². The number of halogens is 2. The number of hydrogen-bond donors (Lipinski definition) is 0. The van der Waals surface area contributed by atoms with E-state index >= 15 is 0 Å². The molecule has 10 heteroatoms. The smallest absolute Gasteiger partial charge is 0.263 e. The zero-order chi connectivity index (χ0) is 16.7. The van der Waals surface area contributed by atoms with Crippen molar-refractivity contribution in [2.24, 2.45) is 0 Å². The number of nitrogens with zero attached hydrogens (tertiary/aromatic N) is 4. The first-order valence-corrected chi connectivity index (χ1v) is 8.55. The minimum Gasteiger partial charge on any atom is -0.337 e. The molecule has 2 aromatic heterocycles. The number of alkyl halides is 2. The maximum atomic E-state index is 13.7. The fourth-order valence-electron chi connectivity index (χ4n) is 2.44. The third-order valence-electron chi connectivity index (χ3n) is 3.60. The van der Waals surface area contributed by atoms with Gasteiger partial charge < -0.3 is 4.52 Å². The van der Waals surface area contributed by atoms with E-state index in [1.807, 2.05) is 0 Å². The van der Waals surface area contributed by atoms with Crippen LogP contribution in [0.3, 0.4) is 0 Å². The van der Waals surface area contributed by atoms with Gasteiger partial charge in [-0.25, -0.2) is 17.2 Å². The van der Waals surface area contributed by atoms with Crippen molar-refractivity contribution in [1.29, 1.82) is 0 Å². The quantitative estimate of drug-likeness (QED) is 0.841. The Morgan fingerprint density at radius 1 is 1.48 bits per heavy atom. The second kappa shape index (κ2) is 5.60. The van der Waals surface area contributed by atoms with Crippen LogP contribution >= 0.6 is 0 Å². The van der Waals surface area contributed by atoms with E-state index in [1.54, 1.807) is 18.3 Å². The van der Waals surface area contributed by atoms with Gasteiger partial charge >= 0.3 is 0 Å². The van der Waals surface area contributed by atoms with E-state index in [9.17, 15) is 17.2 Å². The number of rotatable bonds is 4. The first-order chi connectivity index (χ1) is 10.8. The Morgan fingerprint density at radius 2 is 2.26 bits per heavy atom. The van der Waals surface area contributed by atoms with Crippen LogP contribution in [0.1, 0.15) is 25.3 Å². The molecule has 1 aliphatic rings. The van der Waals surface area contributed by atoms with Crippen molar-refractivity contribution in [2.75, 3.05) is 12.3 Å². The van der Waals surface area contributed by atoms with Crippen LogP contribution in [0.4, 0.5) is 8.78 Å². The number of hydrogen-bond acceptors (Lipinski definition) is 6. The molecular weight excluding hydrogens is 330 g/mol. The highest BCUT2D eigenvalue weighted by atomic mass is 32.2. The summed E-state index contributed by atoms with van der Waals surface area (Å²) in [6, 6.07) is 2.20. The predicted octanol–water partition coefficient (Wildman–Crippen LogP) is 1.86. The van der Waals surface area contributed by atoms with E-state index in [1.165, 1.54) is 13.1 Å². The van der Waals surface area contributed by atoms with E-state index < -0.39 is 35.0 Å². The van der Waals surface area contributed by atoms with Gasteiger partial charge in [-0.1, -0.05) is 5.16 Å². The van der Waals surface area contributed by atoms with Crippen LogP contribution in [-0.2, 0) is 10.0 Å². The summed E-state index contributed by atoms with van der Waals surface area (Å²) in [5.41, 5.74) is 0.553. The molecule has 0 aliphatic carbocycles. The standard InChI is InChI=1S/C13H14F2N4O3S/c1-2-23(20,21)19-8-13(14,15)6-10(19)12-17-11(18-22-12)9-4-3-5-16-7-9/h3-5,7,10H,2,6,8H2,1H3/t10-/m0/s1. The Morgan fingerprint density at radius 3 is 2.91 bits per heavy atom. The summed E-state index contributed by atoms with van der Waals surface area (Å²) in [4.78, 5) is 7.98. The minimum absolute atomic E-state index is 0.141. The fourth-order valence-corrected chi connectivity index (χ4v) is 3.71. The predicted molar refractivity (Wildman–Crippen MR) is 76.0 cm³/mol. The average molecular weight is 344 g/mol. The minimum atomic E-state index is -3.81.